The summed E-state index contributed by atoms with van der Waals surface area (Å²) in [6.45, 7) is -0.879. The molecule has 1 unspecified atom stereocenters. The predicted octanol–water partition coefficient (Wildman–Crippen LogP) is 1.25. The molecular weight excluding hydrogens is 468 g/mol. The number of fused-ring (bicyclic) bond motifs is 1. The van der Waals surface area contributed by atoms with Gasteiger partial charge in [0.1, 0.15) is 22.6 Å². The lowest BCUT2D eigenvalue weighted by atomic mass is 10.1. The molecule has 0 heterocycles. The molecule has 0 aliphatic heterocycles. The Balaban J connectivity index is 1.88. The average molecular weight is 485 g/mol. The summed E-state index contributed by atoms with van der Waals surface area (Å²) in [5, 5.41) is 9.90. The maximum atomic E-state index is 13.8. The summed E-state index contributed by atoms with van der Waals surface area (Å²) in [7, 11) is -8.96. The van der Waals surface area contributed by atoms with Crippen LogP contribution < -0.4 is 14.9 Å². The first kappa shape index (κ1) is 23.7. The second-order valence-electron chi connectivity index (χ2n) is 6.55. The third kappa shape index (κ3) is 5.08. The Labute approximate surface area is 182 Å². The predicted molar refractivity (Wildman–Crippen MR) is 110 cm³/mol. The third-order valence-electron chi connectivity index (χ3n) is 4.42. The van der Waals surface area contributed by atoms with Gasteiger partial charge in [-0.2, -0.15) is 4.72 Å². The molecule has 32 heavy (non-hydrogen) atoms. The Morgan fingerprint density at radius 1 is 0.906 bits per heavy atom. The zero-order valence-electron chi connectivity index (χ0n) is 16.1. The van der Waals surface area contributed by atoms with E-state index in [9.17, 15) is 30.4 Å². The van der Waals surface area contributed by atoms with Crippen molar-refractivity contribution < 1.29 is 35.6 Å². The Morgan fingerprint density at radius 3 is 2.28 bits per heavy atom. The van der Waals surface area contributed by atoms with Crippen molar-refractivity contribution in [2.45, 2.75) is 15.8 Å². The number of hydrogen-bond acceptors (Lipinski definition) is 6. The standard InChI is InChI=1S/C19H17F2N3O6S2/c20-13-8-9-18(15(21)10-13)31(27,28)22-11-16(19(25)23-26)24-32(29,30)17-7-3-5-12-4-1-2-6-14(12)17/h1-10,16,22,24,26H,11H2,(H,23,25). The molecule has 1 amide bonds. The molecule has 0 fully saturated rings. The van der Waals surface area contributed by atoms with E-state index in [1.807, 2.05) is 9.44 Å². The van der Waals surface area contributed by atoms with E-state index in [1.54, 1.807) is 30.3 Å². The number of benzene rings is 3. The van der Waals surface area contributed by atoms with E-state index in [0.29, 0.717) is 22.9 Å². The number of sulfonamides is 2. The van der Waals surface area contributed by atoms with Crippen molar-refractivity contribution in [2.24, 2.45) is 0 Å². The van der Waals surface area contributed by atoms with Gasteiger partial charge in [0.05, 0.1) is 4.90 Å². The molecule has 13 heteroatoms. The monoisotopic (exact) mass is 485 g/mol. The van der Waals surface area contributed by atoms with Crippen molar-refractivity contribution in [3.05, 3.63) is 72.3 Å². The fourth-order valence-electron chi connectivity index (χ4n) is 2.91. The van der Waals surface area contributed by atoms with Gasteiger partial charge in [0.2, 0.25) is 20.0 Å². The first-order chi connectivity index (χ1) is 15.0. The molecule has 0 bridgehead atoms. The molecule has 4 N–H and O–H groups in total. The molecule has 3 rings (SSSR count). The zero-order valence-corrected chi connectivity index (χ0v) is 17.8. The van der Waals surface area contributed by atoms with Gasteiger partial charge in [-0.1, -0.05) is 36.4 Å². The average Bonchev–Trinajstić information content (AvgIpc) is 2.75. The molecule has 0 aliphatic rings. The van der Waals surface area contributed by atoms with Crippen molar-refractivity contribution >= 4 is 36.7 Å². The van der Waals surface area contributed by atoms with Crippen molar-refractivity contribution in [3.8, 4) is 0 Å². The minimum atomic E-state index is -4.59. The van der Waals surface area contributed by atoms with E-state index < -0.39 is 55.1 Å². The smallest absolute Gasteiger partial charge is 0.262 e. The first-order valence-corrected chi connectivity index (χ1v) is 11.9. The van der Waals surface area contributed by atoms with Crippen LogP contribution in [0, 0.1) is 11.6 Å². The molecule has 3 aromatic carbocycles. The van der Waals surface area contributed by atoms with Gasteiger partial charge >= 0.3 is 0 Å². The second kappa shape index (κ2) is 9.26. The molecular formula is C19H17F2N3O6S2. The van der Waals surface area contributed by atoms with Gasteiger partial charge in [0.15, 0.2) is 0 Å². The van der Waals surface area contributed by atoms with Crippen LogP contribution in [0.4, 0.5) is 8.78 Å². The van der Waals surface area contributed by atoms with E-state index >= 15 is 0 Å². The summed E-state index contributed by atoms with van der Waals surface area (Å²) >= 11 is 0. The fourth-order valence-corrected chi connectivity index (χ4v) is 5.44. The number of hydrogen-bond donors (Lipinski definition) is 4. The summed E-state index contributed by atoms with van der Waals surface area (Å²) in [6, 6.07) is 10.9. The first-order valence-electron chi connectivity index (χ1n) is 8.94. The number of nitrogens with one attached hydrogen (secondary N) is 3. The van der Waals surface area contributed by atoms with Crippen LogP contribution in [0.25, 0.3) is 10.8 Å². The minimum absolute atomic E-state index is 0.182. The molecule has 0 spiro atoms. The van der Waals surface area contributed by atoms with Crippen LogP contribution in [0.2, 0.25) is 0 Å². The van der Waals surface area contributed by atoms with E-state index in [0.717, 1.165) is 6.07 Å². The number of hydroxylamine groups is 1. The number of amides is 1. The highest BCUT2D eigenvalue weighted by Gasteiger charge is 2.29. The van der Waals surface area contributed by atoms with Crippen LogP contribution in [0.1, 0.15) is 0 Å². The van der Waals surface area contributed by atoms with Gasteiger partial charge in [0, 0.05) is 18.0 Å². The van der Waals surface area contributed by atoms with Gasteiger partial charge in [0.25, 0.3) is 5.91 Å². The quantitative estimate of drug-likeness (QED) is 0.280. The summed E-state index contributed by atoms with van der Waals surface area (Å²) < 4.78 is 81.3. The lowest BCUT2D eigenvalue weighted by Crippen LogP contribution is -2.52. The van der Waals surface area contributed by atoms with Crippen LogP contribution in [0.5, 0.6) is 0 Å². The molecule has 0 radical (unpaired) electrons. The normalized spacial score (nSPS) is 13.1. The van der Waals surface area contributed by atoms with E-state index in [4.69, 9.17) is 5.21 Å². The van der Waals surface area contributed by atoms with Crippen molar-refractivity contribution in [3.63, 3.8) is 0 Å². The summed E-state index contributed by atoms with van der Waals surface area (Å²) in [5.41, 5.74) is 1.25. The van der Waals surface area contributed by atoms with Crippen LogP contribution in [0.15, 0.2) is 70.5 Å². The maximum absolute atomic E-state index is 13.8. The van der Waals surface area contributed by atoms with Crippen LogP contribution in [-0.4, -0.2) is 40.5 Å². The molecule has 9 nitrogen and oxygen atoms in total. The highest BCUT2D eigenvalue weighted by Crippen LogP contribution is 2.23. The fraction of sp³-hybridized carbons (Fsp3) is 0.105. The Kier molecular flexibility index (Phi) is 6.85. The summed E-state index contributed by atoms with van der Waals surface area (Å²) in [5.74, 6) is -3.64. The maximum Gasteiger partial charge on any atom is 0.262 e. The highest BCUT2D eigenvalue weighted by atomic mass is 32.2. The van der Waals surface area contributed by atoms with Crippen LogP contribution in [0.3, 0.4) is 0 Å². The minimum Gasteiger partial charge on any atom is -0.289 e. The largest absolute Gasteiger partial charge is 0.289 e. The van der Waals surface area contributed by atoms with Crippen LogP contribution >= 0.6 is 0 Å². The van der Waals surface area contributed by atoms with Gasteiger partial charge in [-0.05, 0) is 23.6 Å². The van der Waals surface area contributed by atoms with Crippen molar-refractivity contribution in [1.29, 1.82) is 0 Å². The molecule has 0 aromatic heterocycles. The molecule has 170 valence electrons. The molecule has 3 aromatic rings. The number of carbonyl (C=O) groups excluding carboxylic acids is 1. The van der Waals surface area contributed by atoms with Gasteiger partial charge < -0.3 is 0 Å². The van der Waals surface area contributed by atoms with Crippen molar-refractivity contribution in [2.75, 3.05) is 6.54 Å². The SMILES string of the molecule is O=C(NO)C(CNS(=O)(=O)c1ccc(F)cc1F)NS(=O)(=O)c1cccc2ccccc12. The molecule has 0 saturated heterocycles. The Bertz CT molecular complexity index is 1380. The number of rotatable bonds is 8. The zero-order chi connectivity index (χ0) is 23.5. The molecule has 0 saturated carbocycles. The topological polar surface area (TPSA) is 142 Å². The summed E-state index contributed by atoms with van der Waals surface area (Å²) in [6.07, 6.45) is 0. The van der Waals surface area contributed by atoms with E-state index in [1.165, 1.54) is 17.6 Å². The second-order valence-corrected chi connectivity index (χ2v) is 9.97. The van der Waals surface area contributed by atoms with Crippen LogP contribution in [-0.2, 0) is 24.8 Å². The number of carbonyl (C=O) groups is 1. The lowest BCUT2D eigenvalue weighted by Gasteiger charge is -2.18. The number of halogens is 2. The Morgan fingerprint density at radius 2 is 1.59 bits per heavy atom. The Hall–Kier alpha value is -2.97. The van der Waals surface area contributed by atoms with E-state index in [-0.39, 0.29) is 4.90 Å². The van der Waals surface area contributed by atoms with Gasteiger partial charge in [-0.3, -0.25) is 10.0 Å². The van der Waals surface area contributed by atoms with Gasteiger partial charge in [-0.25, -0.2) is 35.8 Å². The highest BCUT2D eigenvalue weighted by molar-refractivity contribution is 7.90. The third-order valence-corrected chi connectivity index (χ3v) is 7.41. The molecule has 1 atom stereocenters. The van der Waals surface area contributed by atoms with E-state index in [2.05, 4.69) is 0 Å². The van der Waals surface area contributed by atoms with Crippen molar-refractivity contribution in [1.82, 2.24) is 14.9 Å². The molecule has 0 aliphatic carbocycles. The summed E-state index contributed by atoms with van der Waals surface area (Å²) in [4.78, 5) is 10.9. The lowest BCUT2D eigenvalue weighted by molar-refractivity contribution is -0.130. The van der Waals surface area contributed by atoms with Gasteiger partial charge in [-0.15, -0.1) is 0 Å².